The van der Waals surface area contributed by atoms with E-state index in [1.807, 2.05) is 0 Å². The molecule has 51 valence electrons. The number of hydrogen-bond acceptors (Lipinski definition) is 3. The van der Waals surface area contributed by atoms with Crippen LogP contribution in [0.1, 0.15) is 6.42 Å². The monoisotopic (exact) mass is 129 g/mol. The zero-order chi connectivity index (χ0) is 6.27. The molecule has 1 N–H and O–H groups in total. The molecule has 2 unspecified atom stereocenters. The van der Waals surface area contributed by atoms with E-state index in [1.165, 1.54) is 0 Å². The first kappa shape index (κ1) is 5.65. The predicted octanol–water partition coefficient (Wildman–Crippen LogP) is 0.0786. The van der Waals surface area contributed by atoms with Crippen molar-refractivity contribution in [1.82, 2.24) is 0 Å². The van der Waals surface area contributed by atoms with Crippen LogP contribution < -0.4 is 0 Å². The number of hydrogen-bond donors (Lipinski definition) is 1. The minimum atomic E-state index is -0.106. The molecule has 0 spiro atoms. The maximum atomic E-state index is 9.07. The molecule has 9 heavy (non-hydrogen) atoms. The number of aliphatic hydroxyl groups excluding tert-OH is 1. The van der Waals surface area contributed by atoms with Crippen molar-refractivity contribution in [1.29, 1.82) is 0 Å². The van der Waals surface area contributed by atoms with E-state index in [1.54, 1.807) is 0 Å². The van der Waals surface area contributed by atoms with Crippen LogP contribution >= 0.6 is 0 Å². The summed E-state index contributed by atoms with van der Waals surface area (Å²) in [5.41, 5.74) is 0. The van der Waals surface area contributed by atoms with Gasteiger partial charge in [0.1, 0.15) is 12.2 Å². The Morgan fingerprint density at radius 2 is 2.33 bits per heavy atom. The highest BCUT2D eigenvalue weighted by Gasteiger charge is 2.41. The van der Waals surface area contributed by atoms with Gasteiger partial charge in [0.25, 0.3) is 0 Å². The number of aliphatic hydroxyl groups is 1. The van der Waals surface area contributed by atoms with Gasteiger partial charge in [-0.2, -0.15) is 0 Å². The second-order valence-corrected chi connectivity index (χ2v) is 2.42. The van der Waals surface area contributed by atoms with E-state index in [0.29, 0.717) is 12.7 Å². The van der Waals surface area contributed by atoms with Crippen LogP contribution in [0.25, 0.3) is 0 Å². The fourth-order valence-corrected chi connectivity index (χ4v) is 1.33. The number of ether oxygens (including phenoxy) is 2. The topological polar surface area (TPSA) is 38.7 Å². The Kier molecular flexibility index (Phi) is 1.22. The van der Waals surface area contributed by atoms with E-state index in [0.717, 1.165) is 13.0 Å². The molecule has 1 radical (unpaired) electrons. The van der Waals surface area contributed by atoms with E-state index >= 15 is 0 Å². The summed E-state index contributed by atoms with van der Waals surface area (Å²) in [6.45, 7) is 1.09. The third-order valence-electron chi connectivity index (χ3n) is 1.81. The van der Waals surface area contributed by atoms with Gasteiger partial charge < -0.3 is 14.6 Å². The largest absolute Gasteiger partial charge is 0.381 e. The van der Waals surface area contributed by atoms with Crippen molar-refractivity contribution in [3.8, 4) is 0 Å². The van der Waals surface area contributed by atoms with Crippen LogP contribution in [-0.4, -0.2) is 30.5 Å². The molecule has 0 aromatic carbocycles. The molecule has 2 atom stereocenters. The van der Waals surface area contributed by atoms with Crippen molar-refractivity contribution in [3.05, 3.63) is 6.10 Å². The molecule has 0 aliphatic carbocycles. The summed E-state index contributed by atoms with van der Waals surface area (Å²) >= 11 is 0. The summed E-state index contributed by atoms with van der Waals surface area (Å²) < 4.78 is 10.4. The highest BCUT2D eigenvalue weighted by atomic mass is 16.6. The van der Waals surface area contributed by atoms with Gasteiger partial charge in [-0.05, 0) is 6.42 Å². The van der Waals surface area contributed by atoms with Crippen LogP contribution in [-0.2, 0) is 9.47 Å². The second kappa shape index (κ2) is 1.94. The Morgan fingerprint density at radius 1 is 1.44 bits per heavy atom. The summed E-state index contributed by atoms with van der Waals surface area (Å²) in [4.78, 5) is 0. The normalized spacial score (nSPS) is 43.7. The molecular formula is C6H9O3. The third kappa shape index (κ3) is 0.764. The van der Waals surface area contributed by atoms with E-state index in [-0.39, 0.29) is 12.2 Å². The van der Waals surface area contributed by atoms with Crippen molar-refractivity contribution in [2.24, 2.45) is 0 Å². The van der Waals surface area contributed by atoms with Gasteiger partial charge in [-0.1, -0.05) is 0 Å². The Morgan fingerprint density at radius 3 is 3.11 bits per heavy atom. The average Bonchev–Trinajstić information content (AvgIpc) is 2.35. The maximum Gasteiger partial charge on any atom is 0.150 e. The first-order chi connectivity index (χ1) is 4.38. The summed E-state index contributed by atoms with van der Waals surface area (Å²) in [7, 11) is 0. The van der Waals surface area contributed by atoms with Crippen molar-refractivity contribution in [3.63, 3.8) is 0 Å². The van der Waals surface area contributed by atoms with Crippen molar-refractivity contribution in [2.45, 2.75) is 18.6 Å². The molecule has 2 aliphatic rings. The standard InChI is InChI=1S/C6H9O3/c7-4-3-9-5-1-2-8-6(4)5/h5-7H,1-3H2. The Balaban J connectivity index is 2.07. The highest BCUT2D eigenvalue weighted by molar-refractivity contribution is 5.00. The summed E-state index contributed by atoms with van der Waals surface area (Å²) in [5, 5.41) is 9.07. The molecule has 2 saturated heterocycles. The molecule has 3 heteroatoms. The SMILES string of the molecule is O[C]1COC2CCOC12. The van der Waals surface area contributed by atoms with E-state index in [4.69, 9.17) is 14.6 Å². The lowest BCUT2D eigenvalue weighted by atomic mass is 10.1. The van der Waals surface area contributed by atoms with Gasteiger partial charge in [0.15, 0.2) is 0 Å². The van der Waals surface area contributed by atoms with Gasteiger partial charge in [0.2, 0.25) is 0 Å². The van der Waals surface area contributed by atoms with E-state index < -0.39 is 0 Å². The van der Waals surface area contributed by atoms with Crippen LogP contribution in [0.4, 0.5) is 0 Å². The van der Waals surface area contributed by atoms with Gasteiger partial charge in [-0.3, -0.25) is 0 Å². The van der Waals surface area contributed by atoms with Gasteiger partial charge >= 0.3 is 0 Å². The first-order valence-electron chi connectivity index (χ1n) is 3.16. The van der Waals surface area contributed by atoms with Crippen LogP contribution in [0.15, 0.2) is 0 Å². The zero-order valence-electron chi connectivity index (χ0n) is 5.04. The van der Waals surface area contributed by atoms with Crippen LogP contribution in [0.5, 0.6) is 0 Å². The molecule has 0 saturated carbocycles. The lowest BCUT2D eigenvalue weighted by Gasteiger charge is -2.06. The molecule has 0 bridgehead atoms. The van der Waals surface area contributed by atoms with Gasteiger partial charge in [-0.15, -0.1) is 0 Å². The summed E-state index contributed by atoms with van der Waals surface area (Å²) in [6, 6.07) is 0. The number of fused-ring (bicyclic) bond motifs is 1. The molecular weight excluding hydrogens is 120 g/mol. The Bertz CT molecular complexity index is 115. The quantitative estimate of drug-likeness (QED) is 0.503. The fourth-order valence-electron chi connectivity index (χ4n) is 1.33. The smallest absolute Gasteiger partial charge is 0.150 e. The molecule has 0 aromatic rings. The Labute approximate surface area is 53.6 Å². The van der Waals surface area contributed by atoms with Crippen LogP contribution in [0.3, 0.4) is 0 Å². The number of rotatable bonds is 0. The van der Waals surface area contributed by atoms with Crippen molar-refractivity contribution in [2.75, 3.05) is 13.2 Å². The zero-order valence-corrected chi connectivity index (χ0v) is 5.04. The minimum absolute atomic E-state index is 0.106. The Hall–Kier alpha value is -0.120. The highest BCUT2D eigenvalue weighted by Crippen LogP contribution is 2.29. The first-order valence-corrected chi connectivity index (χ1v) is 3.16. The summed E-state index contributed by atoms with van der Waals surface area (Å²) in [6.07, 6.45) is 1.32. The maximum absolute atomic E-state index is 9.07. The average molecular weight is 129 g/mol. The predicted molar refractivity (Wildman–Crippen MR) is 29.3 cm³/mol. The molecule has 2 rings (SSSR count). The molecule has 2 fully saturated rings. The lowest BCUT2D eigenvalue weighted by Crippen LogP contribution is -2.20. The minimum Gasteiger partial charge on any atom is -0.381 e. The molecule has 2 aliphatic heterocycles. The lowest BCUT2D eigenvalue weighted by molar-refractivity contribution is 0.0625. The van der Waals surface area contributed by atoms with Crippen molar-refractivity contribution < 1.29 is 14.6 Å². The fraction of sp³-hybridized carbons (Fsp3) is 0.833. The van der Waals surface area contributed by atoms with Crippen LogP contribution in [0.2, 0.25) is 0 Å². The van der Waals surface area contributed by atoms with E-state index in [2.05, 4.69) is 0 Å². The molecule has 0 aromatic heterocycles. The summed E-state index contributed by atoms with van der Waals surface area (Å²) in [5.74, 6) is 0. The van der Waals surface area contributed by atoms with Gasteiger partial charge in [0.05, 0.1) is 12.7 Å². The van der Waals surface area contributed by atoms with Crippen LogP contribution in [0, 0.1) is 6.10 Å². The van der Waals surface area contributed by atoms with Crippen molar-refractivity contribution >= 4 is 0 Å². The second-order valence-electron chi connectivity index (χ2n) is 2.42. The molecule has 3 nitrogen and oxygen atoms in total. The van der Waals surface area contributed by atoms with E-state index in [9.17, 15) is 0 Å². The van der Waals surface area contributed by atoms with Gasteiger partial charge in [-0.25, -0.2) is 0 Å². The third-order valence-corrected chi connectivity index (χ3v) is 1.81. The molecule has 2 heterocycles. The molecule has 0 amide bonds. The van der Waals surface area contributed by atoms with Gasteiger partial charge in [0, 0.05) is 6.61 Å².